The van der Waals surface area contributed by atoms with Gasteiger partial charge in [0, 0.05) is 36.1 Å². The van der Waals surface area contributed by atoms with E-state index in [0.717, 1.165) is 14.3 Å². The maximum absolute atomic E-state index is 13.2. The van der Waals surface area contributed by atoms with E-state index >= 15 is 0 Å². The van der Waals surface area contributed by atoms with Gasteiger partial charge < -0.3 is 24.6 Å². The summed E-state index contributed by atoms with van der Waals surface area (Å²) in [7, 11) is -2.40. The van der Waals surface area contributed by atoms with Gasteiger partial charge in [-0.1, -0.05) is 28.1 Å². The van der Waals surface area contributed by atoms with Crippen LogP contribution in [0.3, 0.4) is 0 Å². The average molecular weight is 633 g/mol. The summed E-state index contributed by atoms with van der Waals surface area (Å²) >= 11 is 3.44. The lowest BCUT2D eigenvalue weighted by atomic mass is 9.93. The predicted octanol–water partition coefficient (Wildman–Crippen LogP) is 3.91. The van der Waals surface area contributed by atoms with Crippen molar-refractivity contribution < 1.29 is 32.5 Å². The lowest BCUT2D eigenvalue weighted by molar-refractivity contribution is -0.143. The molecule has 2 N–H and O–H groups in total. The van der Waals surface area contributed by atoms with Crippen molar-refractivity contribution >= 4 is 37.5 Å². The number of hydrogen-bond donors (Lipinski definition) is 2. The number of ether oxygens (including phenoxy) is 3. The molecule has 10 nitrogen and oxygen atoms in total. The van der Waals surface area contributed by atoms with Crippen molar-refractivity contribution in [2.24, 2.45) is 0 Å². The van der Waals surface area contributed by atoms with Crippen molar-refractivity contribution in [3.8, 4) is 5.75 Å². The Morgan fingerprint density at radius 2 is 1.90 bits per heavy atom. The second-order valence-corrected chi connectivity index (χ2v) is 11.7. The van der Waals surface area contributed by atoms with Crippen molar-refractivity contribution in [1.29, 1.82) is 0 Å². The first-order valence-corrected chi connectivity index (χ1v) is 14.8. The zero-order valence-electron chi connectivity index (χ0n) is 21.8. The Labute approximate surface area is 241 Å². The molecule has 1 amide bonds. The number of aliphatic hydroxyl groups excluding tert-OH is 1. The average Bonchev–Trinajstić information content (AvgIpc) is 2.97. The van der Waals surface area contributed by atoms with Crippen LogP contribution in [0.25, 0.3) is 0 Å². The Morgan fingerprint density at radius 3 is 2.55 bits per heavy atom. The molecule has 3 aromatic rings. The minimum Gasteiger partial charge on any atom is -0.497 e. The number of amides is 1. The summed E-state index contributed by atoms with van der Waals surface area (Å²) in [6.07, 6.45) is 4.49. The van der Waals surface area contributed by atoms with E-state index in [1.54, 1.807) is 36.5 Å². The van der Waals surface area contributed by atoms with Crippen molar-refractivity contribution in [1.82, 2.24) is 9.29 Å². The molecule has 0 fully saturated rings. The van der Waals surface area contributed by atoms with Crippen LogP contribution in [0.5, 0.6) is 5.75 Å². The van der Waals surface area contributed by atoms with Crippen molar-refractivity contribution in [2.45, 2.75) is 23.5 Å². The van der Waals surface area contributed by atoms with Crippen LogP contribution in [0.15, 0.2) is 94.3 Å². The van der Waals surface area contributed by atoms with Crippen LogP contribution in [0.2, 0.25) is 0 Å². The van der Waals surface area contributed by atoms with Gasteiger partial charge in [-0.25, -0.2) is 8.42 Å². The highest BCUT2D eigenvalue weighted by atomic mass is 79.9. The zero-order valence-corrected chi connectivity index (χ0v) is 24.2. The number of nitrogens with zero attached hydrogens (tertiary/aromatic N) is 2. The van der Waals surface area contributed by atoms with Gasteiger partial charge >= 0.3 is 0 Å². The van der Waals surface area contributed by atoms with Crippen molar-refractivity contribution in [3.05, 3.63) is 94.9 Å². The Kier molecular flexibility index (Phi) is 10.3. The van der Waals surface area contributed by atoms with Gasteiger partial charge in [0.1, 0.15) is 5.75 Å². The molecule has 0 spiro atoms. The number of aromatic nitrogens is 1. The molecule has 4 rings (SSSR count). The molecule has 0 bridgehead atoms. The van der Waals surface area contributed by atoms with Crippen LogP contribution < -0.4 is 10.1 Å². The molecule has 40 heavy (non-hydrogen) atoms. The SMILES string of the molecule is COc1ccc(S(=O)(=O)N(CCO)CCO[C@H]2C[C@@H](c3ccc(Br)cc3)C=C(C(=O)Nc3cccnc3)O2)cc1. The summed E-state index contributed by atoms with van der Waals surface area (Å²) in [5.74, 6) is -0.0150. The highest BCUT2D eigenvalue weighted by molar-refractivity contribution is 9.10. The number of hydrogen-bond acceptors (Lipinski definition) is 8. The Hall–Kier alpha value is -3.29. The van der Waals surface area contributed by atoms with Gasteiger partial charge in [-0.2, -0.15) is 4.31 Å². The summed E-state index contributed by atoms with van der Waals surface area (Å²) in [6, 6.07) is 17.2. The summed E-state index contributed by atoms with van der Waals surface area (Å²) in [5.41, 5.74) is 1.49. The molecule has 1 aromatic heterocycles. The van der Waals surface area contributed by atoms with Gasteiger partial charge in [-0.3, -0.25) is 9.78 Å². The molecule has 2 heterocycles. The maximum Gasteiger partial charge on any atom is 0.290 e. The Morgan fingerprint density at radius 1 is 1.15 bits per heavy atom. The van der Waals surface area contributed by atoms with E-state index in [-0.39, 0.29) is 42.9 Å². The van der Waals surface area contributed by atoms with E-state index in [0.29, 0.717) is 17.9 Å². The first-order chi connectivity index (χ1) is 19.3. The van der Waals surface area contributed by atoms with E-state index in [1.807, 2.05) is 24.3 Å². The number of carbonyl (C=O) groups is 1. The number of anilines is 1. The Balaban J connectivity index is 1.46. The van der Waals surface area contributed by atoms with Gasteiger partial charge in [0.05, 0.1) is 37.1 Å². The number of pyridine rings is 1. The minimum absolute atomic E-state index is 0.0232. The standard InChI is InChI=1S/C28H30BrN3O7S/c1-37-24-8-10-25(11-9-24)40(35,36)32(13-15-33)14-16-38-27-18-21(20-4-6-22(29)7-5-20)17-26(39-27)28(34)31-23-3-2-12-30-19-23/h2-12,17,19,21,27,33H,13-16,18H2,1H3,(H,31,34)/t21-,27+/m0/s1. The third-order valence-electron chi connectivity index (χ3n) is 6.19. The van der Waals surface area contributed by atoms with E-state index in [4.69, 9.17) is 14.2 Å². The summed E-state index contributed by atoms with van der Waals surface area (Å²) in [6.45, 7) is -0.519. The van der Waals surface area contributed by atoms with Crippen LogP contribution in [-0.4, -0.2) is 68.4 Å². The molecule has 212 valence electrons. The number of aliphatic hydroxyl groups is 1. The van der Waals surface area contributed by atoms with E-state index in [2.05, 4.69) is 26.2 Å². The van der Waals surface area contributed by atoms with Crippen molar-refractivity contribution in [2.75, 3.05) is 38.7 Å². The van der Waals surface area contributed by atoms with Gasteiger partial charge in [-0.05, 0) is 60.2 Å². The molecule has 0 saturated heterocycles. The molecule has 0 radical (unpaired) electrons. The van der Waals surface area contributed by atoms with Crippen LogP contribution >= 0.6 is 15.9 Å². The molecule has 0 saturated carbocycles. The first kappa shape index (κ1) is 29.7. The highest BCUT2D eigenvalue weighted by Gasteiger charge is 2.30. The lowest BCUT2D eigenvalue weighted by Gasteiger charge is -2.30. The molecule has 2 atom stereocenters. The van der Waals surface area contributed by atoms with Gasteiger partial charge in [0.25, 0.3) is 5.91 Å². The third-order valence-corrected chi connectivity index (χ3v) is 8.63. The molecule has 1 aliphatic heterocycles. The second kappa shape index (κ2) is 13.9. The largest absolute Gasteiger partial charge is 0.497 e. The number of nitrogens with one attached hydrogen (secondary N) is 1. The fraction of sp³-hybridized carbons (Fsp3) is 0.286. The quantitative estimate of drug-likeness (QED) is 0.308. The van der Waals surface area contributed by atoms with E-state index in [9.17, 15) is 18.3 Å². The van der Waals surface area contributed by atoms with Crippen LogP contribution in [-0.2, 0) is 24.3 Å². The van der Waals surface area contributed by atoms with Gasteiger partial charge in [0.2, 0.25) is 16.3 Å². The summed E-state index contributed by atoms with van der Waals surface area (Å²) in [4.78, 5) is 17.1. The lowest BCUT2D eigenvalue weighted by Crippen LogP contribution is -2.37. The molecular formula is C28H30BrN3O7S. The number of allylic oxidation sites excluding steroid dienone is 1. The third kappa shape index (κ3) is 7.67. The molecule has 2 aromatic carbocycles. The fourth-order valence-corrected chi connectivity index (χ4v) is 5.82. The number of rotatable bonds is 12. The molecule has 0 unspecified atom stereocenters. The van der Waals surface area contributed by atoms with Crippen LogP contribution in [0.4, 0.5) is 5.69 Å². The molecular weight excluding hydrogens is 602 g/mol. The zero-order chi connectivity index (χ0) is 28.5. The van der Waals surface area contributed by atoms with E-state index < -0.39 is 22.2 Å². The summed E-state index contributed by atoms with van der Waals surface area (Å²) in [5, 5.41) is 12.3. The number of sulfonamides is 1. The van der Waals surface area contributed by atoms with Gasteiger partial charge in [0.15, 0.2) is 5.76 Å². The summed E-state index contributed by atoms with van der Waals surface area (Å²) < 4.78 is 45.4. The second-order valence-electron chi connectivity index (χ2n) is 8.84. The highest BCUT2D eigenvalue weighted by Crippen LogP contribution is 2.32. The number of carbonyl (C=O) groups excluding carboxylic acids is 1. The van der Waals surface area contributed by atoms with Crippen LogP contribution in [0, 0.1) is 0 Å². The predicted molar refractivity (Wildman–Crippen MR) is 152 cm³/mol. The van der Waals surface area contributed by atoms with E-state index in [1.165, 1.54) is 25.4 Å². The number of halogens is 1. The molecule has 12 heteroatoms. The maximum atomic E-state index is 13.2. The first-order valence-electron chi connectivity index (χ1n) is 12.5. The number of benzene rings is 2. The smallest absolute Gasteiger partial charge is 0.290 e. The monoisotopic (exact) mass is 631 g/mol. The normalized spacial score (nSPS) is 17.1. The molecule has 1 aliphatic rings. The molecule has 0 aliphatic carbocycles. The number of methoxy groups -OCH3 is 1. The fourth-order valence-electron chi connectivity index (χ4n) is 4.14. The topological polar surface area (TPSA) is 127 Å². The minimum atomic E-state index is -3.90. The van der Waals surface area contributed by atoms with Crippen LogP contribution in [0.1, 0.15) is 17.9 Å². The van der Waals surface area contributed by atoms with Gasteiger partial charge in [-0.15, -0.1) is 0 Å². The Bertz CT molecular complexity index is 1400. The van der Waals surface area contributed by atoms with Crippen molar-refractivity contribution in [3.63, 3.8) is 0 Å².